The van der Waals surface area contributed by atoms with Crippen LogP contribution in [0, 0.1) is 5.41 Å². The zero-order chi connectivity index (χ0) is 21.2. The van der Waals surface area contributed by atoms with Gasteiger partial charge in [-0.05, 0) is 24.0 Å². The smallest absolute Gasteiger partial charge is 0.138 e. The summed E-state index contributed by atoms with van der Waals surface area (Å²) in [5.41, 5.74) is 2.12. The molecule has 1 fully saturated rings. The lowest BCUT2D eigenvalue weighted by Gasteiger charge is -2.39. The van der Waals surface area contributed by atoms with Crippen molar-refractivity contribution in [1.82, 2.24) is 0 Å². The molecule has 0 aromatic heterocycles. The van der Waals surface area contributed by atoms with Gasteiger partial charge in [0, 0.05) is 24.9 Å². The van der Waals surface area contributed by atoms with Crippen molar-refractivity contribution in [3.63, 3.8) is 0 Å². The van der Waals surface area contributed by atoms with Crippen molar-refractivity contribution in [3.8, 4) is 0 Å². The molecule has 0 N–H and O–H groups in total. The van der Waals surface area contributed by atoms with Crippen LogP contribution in [0.2, 0.25) is 0 Å². The van der Waals surface area contributed by atoms with Crippen molar-refractivity contribution < 1.29 is 19.0 Å². The average Bonchev–Trinajstić information content (AvgIpc) is 2.74. The maximum absolute atomic E-state index is 12.3. The van der Waals surface area contributed by atoms with Crippen molar-refractivity contribution in [3.05, 3.63) is 71.8 Å². The largest absolute Gasteiger partial charge is 0.377 e. The SMILES string of the molecule is CC(C)(COCc1ccccc1)[C@@H]1CC(=O)C[C@H](CCCOCc2ccccc2)O1. The van der Waals surface area contributed by atoms with E-state index < -0.39 is 0 Å². The fraction of sp³-hybridized carbons (Fsp3) is 0.500. The summed E-state index contributed by atoms with van der Waals surface area (Å²) in [5, 5.41) is 0. The Bertz CT molecular complexity index is 757. The van der Waals surface area contributed by atoms with Crippen molar-refractivity contribution in [2.75, 3.05) is 13.2 Å². The van der Waals surface area contributed by atoms with Crippen LogP contribution in [-0.4, -0.2) is 31.2 Å². The number of ketones is 1. The molecular weight excluding hydrogens is 376 g/mol. The highest BCUT2D eigenvalue weighted by molar-refractivity contribution is 5.80. The highest BCUT2D eigenvalue weighted by Crippen LogP contribution is 2.33. The number of Topliss-reactive ketones (excluding diaryl/α,β-unsaturated/α-hetero) is 1. The molecule has 0 spiro atoms. The van der Waals surface area contributed by atoms with E-state index in [2.05, 4.69) is 38.1 Å². The van der Waals surface area contributed by atoms with Gasteiger partial charge in [0.25, 0.3) is 0 Å². The first kappa shape index (κ1) is 22.7. The Morgan fingerprint density at radius 2 is 1.50 bits per heavy atom. The van der Waals surface area contributed by atoms with Crippen LogP contribution >= 0.6 is 0 Å². The molecule has 2 atom stereocenters. The van der Waals surface area contributed by atoms with Gasteiger partial charge < -0.3 is 14.2 Å². The average molecular weight is 411 g/mol. The molecule has 162 valence electrons. The minimum absolute atomic E-state index is 0.0232. The topological polar surface area (TPSA) is 44.8 Å². The van der Waals surface area contributed by atoms with Gasteiger partial charge in [-0.15, -0.1) is 0 Å². The van der Waals surface area contributed by atoms with Crippen LogP contribution in [0.15, 0.2) is 60.7 Å². The van der Waals surface area contributed by atoms with E-state index >= 15 is 0 Å². The molecule has 0 radical (unpaired) electrons. The van der Waals surface area contributed by atoms with E-state index in [-0.39, 0.29) is 23.4 Å². The second-order valence-electron chi connectivity index (χ2n) is 8.84. The van der Waals surface area contributed by atoms with E-state index in [0.717, 1.165) is 18.4 Å². The maximum atomic E-state index is 12.3. The van der Waals surface area contributed by atoms with Gasteiger partial charge in [0.05, 0.1) is 32.0 Å². The first-order chi connectivity index (χ1) is 14.5. The van der Waals surface area contributed by atoms with Gasteiger partial charge in [-0.2, -0.15) is 0 Å². The summed E-state index contributed by atoms with van der Waals surface area (Å²) in [6.07, 6.45) is 2.59. The van der Waals surface area contributed by atoms with Crippen LogP contribution in [0.3, 0.4) is 0 Å². The Kier molecular flexibility index (Phi) is 8.61. The third kappa shape index (κ3) is 7.35. The maximum Gasteiger partial charge on any atom is 0.138 e. The number of ether oxygens (including phenoxy) is 3. The number of hydrogen-bond donors (Lipinski definition) is 0. The molecule has 3 rings (SSSR count). The van der Waals surface area contributed by atoms with Gasteiger partial charge in [0.15, 0.2) is 0 Å². The second-order valence-corrected chi connectivity index (χ2v) is 8.84. The lowest BCUT2D eigenvalue weighted by molar-refractivity contribution is -0.153. The lowest BCUT2D eigenvalue weighted by Crippen LogP contribution is -2.44. The zero-order valence-electron chi connectivity index (χ0n) is 18.2. The van der Waals surface area contributed by atoms with Gasteiger partial charge in [-0.3, -0.25) is 4.79 Å². The van der Waals surface area contributed by atoms with Gasteiger partial charge in [-0.1, -0.05) is 74.5 Å². The van der Waals surface area contributed by atoms with Crippen LogP contribution in [0.4, 0.5) is 0 Å². The molecule has 2 aromatic carbocycles. The predicted molar refractivity (Wildman–Crippen MR) is 118 cm³/mol. The van der Waals surface area contributed by atoms with Gasteiger partial charge >= 0.3 is 0 Å². The monoisotopic (exact) mass is 410 g/mol. The molecule has 0 bridgehead atoms. The van der Waals surface area contributed by atoms with E-state index in [1.807, 2.05) is 36.4 Å². The standard InChI is InChI=1S/C26H34O4/c1-26(2,20-29-19-22-12-7-4-8-13-22)25-17-23(27)16-24(30-25)14-9-15-28-18-21-10-5-3-6-11-21/h3-8,10-13,24-25H,9,14-20H2,1-2H3/t24-,25-/m0/s1. The van der Waals surface area contributed by atoms with Crippen molar-refractivity contribution >= 4 is 5.78 Å². The Hall–Kier alpha value is -2.01. The third-order valence-electron chi connectivity index (χ3n) is 5.61. The molecule has 1 aliphatic rings. The Morgan fingerprint density at radius 3 is 2.13 bits per heavy atom. The van der Waals surface area contributed by atoms with Crippen LogP contribution in [0.25, 0.3) is 0 Å². The van der Waals surface area contributed by atoms with Crippen molar-refractivity contribution in [2.45, 2.75) is 65.0 Å². The molecule has 2 aromatic rings. The highest BCUT2D eigenvalue weighted by Gasteiger charge is 2.38. The molecule has 4 nitrogen and oxygen atoms in total. The van der Waals surface area contributed by atoms with E-state index in [0.29, 0.717) is 39.3 Å². The zero-order valence-corrected chi connectivity index (χ0v) is 18.2. The van der Waals surface area contributed by atoms with Crippen LogP contribution < -0.4 is 0 Å². The predicted octanol–water partition coefficient (Wildman–Crippen LogP) is 5.34. The Morgan fingerprint density at radius 1 is 0.900 bits per heavy atom. The summed E-state index contributed by atoms with van der Waals surface area (Å²) in [7, 11) is 0. The first-order valence-electron chi connectivity index (χ1n) is 10.9. The molecule has 0 aliphatic carbocycles. The number of carbonyl (C=O) groups excluding carboxylic acids is 1. The summed E-state index contributed by atoms with van der Waals surface area (Å²) < 4.78 is 18.1. The van der Waals surface area contributed by atoms with E-state index in [9.17, 15) is 4.79 Å². The summed E-state index contributed by atoms with van der Waals surface area (Å²) in [6, 6.07) is 20.3. The molecule has 4 heteroatoms. The number of carbonyl (C=O) groups is 1. The first-order valence-corrected chi connectivity index (χ1v) is 10.9. The van der Waals surface area contributed by atoms with Gasteiger partial charge in [0.1, 0.15) is 5.78 Å². The molecule has 0 unspecified atom stereocenters. The summed E-state index contributed by atoms with van der Waals surface area (Å²) >= 11 is 0. The van der Waals surface area contributed by atoms with Gasteiger partial charge in [0.2, 0.25) is 0 Å². The van der Waals surface area contributed by atoms with Crippen LogP contribution in [0.1, 0.15) is 50.7 Å². The Labute approximate surface area is 180 Å². The number of benzene rings is 2. The lowest BCUT2D eigenvalue weighted by atomic mass is 9.82. The molecule has 1 aliphatic heterocycles. The quantitative estimate of drug-likeness (QED) is 0.469. The second kappa shape index (κ2) is 11.4. The molecule has 30 heavy (non-hydrogen) atoms. The summed E-state index contributed by atoms with van der Waals surface area (Å²) in [5.74, 6) is 0.289. The van der Waals surface area contributed by atoms with E-state index in [4.69, 9.17) is 14.2 Å². The van der Waals surface area contributed by atoms with Crippen LogP contribution in [-0.2, 0) is 32.2 Å². The summed E-state index contributed by atoms with van der Waals surface area (Å²) in [6.45, 7) is 6.69. The molecule has 0 saturated carbocycles. The third-order valence-corrected chi connectivity index (χ3v) is 5.61. The fourth-order valence-electron chi connectivity index (χ4n) is 3.78. The fourth-order valence-corrected chi connectivity index (χ4v) is 3.78. The highest BCUT2D eigenvalue weighted by atomic mass is 16.5. The van der Waals surface area contributed by atoms with E-state index in [1.54, 1.807) is 0 Å². The minimum Gasteiger partial charge on any atom is -0.377 e. The molecule has 0 amide bonds. The minimum atomic E-state index is -0.215. The van der Waals surface area contributed by atoms with Crippen LogP contribution in [0.5, 0.6) is 0 Å². The number of hydrogen-bond acceptors (Lipinski definition) is 4. The summed E-state index contributed by atoms with van der Waals surface area (Å²) in [4.78, 5) is 12.3. The number of rotatable bonds is 11. The molecular formula is C26H34O4. The van der Waals surface area contributed by atoms with E-state index in [1.165, 1.54) is 5.56 Å². The van der Waals surface area contributed by atoms with Crippen molar-refractivity contribution in [2.24, 2.45) is 5.41 Å². The molecule has 1 saturated heterocycles. The van der Waals surface area contributed by atoms with Gasteiger partial charge in [-0.25, -0.2) is 0 Å². The van der Waals surface area contributed by atoms with Crippen molar-refractivity contribution in [1.29, 1.82) is 0 Å². The normalized spacial score (nSPS) is 19.7. The Balaban J connectivity index is 1.39. The molecule has 1 heterocycles.